The predicted octanol–water partition coefficient (Wildman–Crippen LogP) is 3.37. The lowest BCUT2D eigenvalue weighted by Crippen LogP contribution is -2.42. The number of anilines is 1. The van der Waals surface area contributed by atoms with E-state index < -0.39 is 0 Å². The molecule has 0 radical (unpaired) electrons. The maximum Gasteiger partial charge on any atom is 0.238 e. The van der Waals surface area contributed by atoms with Gasteiger partial charge in [0, 0.05) is 20.0 Å². The number of nitrogens with zero attached hydrogens (tertiary/aromatic N) is 1. The summed E-state index contributed by atoms with van der Waals surface area (Å²) in [5.74, 6) is -0.0807. The zero-order chi connectivity index (χ0) is 14.7. The van der Waals surface area contributed by atoms with Crippen LogP contribution in [0, 0.1) is 0 Å². The first-order chi connectivity index (χ1) is 9.45. The number of rotatable bonds is 3. The molecule has 1 aliphatic heterocycles. The molecule has 20 heavy (non-hydrogen) atoms. The standard InChI is InChI=1S/C13H15Br3N2O2/c14-8-4-10(15)13(11(16)5-8)17-12(20)7-18-3-1-2-9(19)6-18/h4-5,9,19H,1-3,6-7H2,(H,17,20). The van der Waals surface area contributed by atoms with Crippen LogP contribution < -0.4 is 5.32 Å². The van der Waals surface area contributed by atoms with Gasteiger partial charge in [-0.25, -0.2) is 0 Å². The maximum absolute atomic E-state index is 12.1. The Balaban J connectivity index is 1.98. The number of carbonyl (C=O) groups is 1. The third-order valence-electron chi connectivity index (χ3n) is 3.12. The van der Waals surface area contributed by atoms with Gasteiger partial charge < -0.3 is 10.4 Å². The lowest BCUT2D eigenvalue weighted by Gasteiger charge is -2.29. The molecule has 1 heterocycles. The molecule has 2 N–H and O–H groups in total. The molecular weight excluding hydrogens is 456 g/mol. The molecule has 0 spiro atoms. The largest absolute Gasteiger partial charge is 0.392 e. The molecule has 1 fully saturated rings. The second-order valence-corrected chi connectivity index (χ2v) is 7.45. The first-order valence-electron chi connectivity index (χ1n) is 6.30. The normalized spacial score (nSPS) is 19.9. The summed E-state index contributed by atoms with van der Waals surface area (Å²) < 4.78 is 2.55. The second-order valence-electron chi connectivity index (χ2n) is 4.82. The van der Waals surface area contributed by atoms with E-state index in [-0.39, 0.29) is 12.0 Å². The SMILES string of the molecule is O=C(CN1CCCC(O)C1)Nc1c(Br)cc(Br)cc1Br. The maximum atomic E-state index is 12.1. The molecule has 1 atom stereocenters. The fraction of sp³-hybridized carbons (Fsp3) is 0.462. The zero-order valence-corrected chi connectivity index (χ0v) is 15.5. The Morgan fingerprint density at radius 3 is 2.60 bits per heavy atom. The van der Waals surface area contributed by atoms with Crippen LogP contribution in [0.15, 0.2) is 25.6 Å². The van der Waals surface area contributed by atoms with Gasteiger partial charge in [-0.15, -0.1) is 0 Å². The first kappa shape index (κ1) is 16.4. The molecule has 110 valence electrons. The number of benzene rings is 1. The van der Waals surface area contributed by atoms with Crippen LogP contribution in [-0.2, 0) is 4.79 Å². The number of aliphatic hydroxyl groups is 1. The van der Waals surface area contributed by atoms with Crippen LogP contribution in [0.25, 0.3) is 0 Å². The van der Waals surface area contributed by atoms with Crippen LogP contribution in [0.1, 0.15) is 12.8 Å². The summed E-state index contributed by atoms with van der Waals surface area (Å²) in [6.07, 6.45) is 1.44. The van der Waals surface area contributed by atoms with Crippen molar-refractivity contribution in [2.45, 2.75) is 18.9 Å². The van der Waals surface area contributed by atoms with Crippen molar-refractivity contribution in [3.8, 4) is 0 Å². The van der Waals surface area contributed by atoms with Crippen molar-refractivity contribution in [3.05, 3.63) is 25.6 Å². The molecule has 7 heteroatoms. The van der Waals surface area contributed by atoms with E-state index in [1.54, 1.807) is 0 Å². The molecule has 1 unspecified atom stereocenters. The number of halogens is 3. The first-order valence-corrected chi connectivity index (χ1v) is 8.68. The fourth-order valence-corrected chi connectivity index (χ4v) is 4.68. The molecule has 0 aliphatic carbocycles. The van der Waals surface area contributed by atoms with E-state index in [1.165, 1.54) is 0 Å². The van der Waals surface area contributed by atoms with E-state index in [0.717, 1.165) is 38.5 Å². The number of nitrogens with one attached hydrogen (secondary N) is 1. The van der Waals surface area contributed by atoms with Crippen molar-refractivity contribution in [1.29, 1.82) is 0 Å². The van der Waals surface area contributed by atoms with Crippen LogP contribution in [-0.4, -0.2) is 41.7 Å². The molecule has 1 saturated heterocycles. The molecule has 0 bridgehead atoms. The van der Waals surface area contributed by atoms with Crippen molar-refractivity contribution >= 4 is 59.4 Å². The average Bonchev–Trinajstić information content (AvgIpc) is 2.33. The number of aliphatic hydroxyl groups excluding tert-OH is 1. The van der Waals surface area contributed by atoms with E-state index in [2.05, 4.69) is 53.1 Å². The molecule has 1 aromatic rings. The fourth-order valence-electron chi connectivity index (χ4n) is 2.22. The van der Waals surface area contributed by atoms with E-state index in [4.69, 9.17) is 0 Å². The summed E-state index contributed by atoms with van der Waals surface area (Å²) >= 11 is 10.3. The summed E-state index contributed by atoms with van der Waals surface area (Å²) in [5, 5.41) is 12.5. The molecule has 0 saturated carbocycles. The van der Waals surface area contributed by atoms with E-state index in [0.29, 0.717) is 13.1 Å². The number of β-amino-alcohol motifs (C(OH)–C–C–N with tert-alkyl or cyclic N) is 1. The minimum atomic E-state index is -0.317. The Morgan fingerprint density at radius 2 is 2.00 bits per heavy atom. The van der Waals surface area contributed by atoms with Crippen LogP contribution in [0.2, 0.25) is 0 Å². The van der Waals surface area contributed by atoms with Crippen LogP contribution in [0.5, 0.6) is 0 Å². The molecule has 1 aliphatic rings. The highest BCUT2D eigenvalue weighted by molar-refractivity contribution is 9.11. The van der Waals surface area contributed by atoms with Gasteiger partial charge in [0.2, 0.25) is 5.91 Å². The number of likely N-dealkylation sites (tertiary alicyclic amines) is 1. The summed E-state index contributed by atoms with van der Waals surface area (Å²) in [5.41, 5.74) is 0.718. The van der Waals surface area contributed by atoms with Gasteiger partial charge in [0.15, 0.2) is 0 Å². The van der Waals surface area contributed by atoms with Crippen molar-refractivity contribution in [2.24, 2.45) is 0 Å². The van der Waals surface area contributed by atoms with Gasteiger partial charge in [-0.1, -0.05) is 15.9 Å². The highest BCUT2D eigenvalue weighted by Crippen LogP contribution is 2.34. The van der Waals surface area contributed by atoms with Crippen molar-refractivity contribution in [3.63, 3.8) is 0 Å². The Morgan fingerprint density at radius 1 is 1.35 bits per heavy atom. The van der Waals surface area contributed by atoms with Gasteiger partial charge in [0.1, 0.15) is 0 Å². The third kappa shape index (κ3) is 4.53. The second kappa shape index (κ2) is 7.35. The van der Waals surface area contributed by atoms with Crippen LogP contribution in [0.4, 0.5) is 5.69 Å². The molecule has 0 aromatic heterocycles. The van der Waals surface area contributed by atoms with Gasteiger partial charge in [-0.2, -0.15) is 0 Å². The monoisotopic (exact) mass is 468 g/mol. The van der Waals surface area contributed by atoms with Gasteiger partial charge in [0.05, 0.1) is 18.3 Å². The molecule has 1 amide bonds. The van der Waals surface area contributed by atoms with Gasteiger partial charge in [-0.05, 0) is 63.4 Å². The van der Waals surface area contributed by atoms with Crippen molar-refractivity contribution < 1.29 is 9.90 Å². The van der Waals surface area contributed by atoms with E-state index in [1.807, 2.05) is 17.0 Å². The van der Waals surface area contributed by atoms with E-state index >= 15 is 0 Å². The summed E-state index contributed by atoms with van der Waals surface area (Å²) in [4.78, 5) is 14.1. The minimum Gasteiger partial charge on any atom is -0.392 e. The minimum absolute atomic E-state index is 0.0807. The van der Waals surface area contributed by atoms with E-state index in [9.17, 15) is 9.90 Å². The predicted molar refractivity (Wildman–Crippen MR) is 89.9 cm³/mol. The Kier molecular flexibility index (Phi) is 6.04. The lowest BCUT2D eigenvalue weighted by molar-refractivity contribution is -0.118. The highest BCUT2D eigenvalue weighted by atomic mass is 79.9. The number of hydrogen-bond donors (Lipinski definition) is 2. The molecular formula is C13H15Br3N2O2. The Bertz CT molecular complexity index is 487. The summed E-state index contributed by atoms with van der Waals surface area (Å²) in [6.45, 7) is 1.72. The topological polar surface area (TPSA) is 52.6 Å². The van der Waals surface area contributed by atoms with Crippen molar-refractivity contribution in [1.82, 2.24) is 4.90 Å². The Labute approximate surface area is 143 Å². The van der Waals surface area contributed by atoms with Gasteiger partial charge in [0.25, 0.3) is 0 Å². The molecule has 4 nitrogen and oxygen atoms in total. The molecule has 1 aromatic carbocycles. The number of carbonyl (C=O) groups excluding carboxylic acids is 1. The average molecular weight is 471 g/mol. The van der Waals surface area contributed by atoms with Gasteiger partial charge >= 0.3 is 0 Å². The number of hydrogen-bond acceptors (Lipinski definition) is 3. The quantitative estimate of drug-likeness (QED) is 0.712. The lowest BCUT2D eigenvalue weighted by atomic mass is 10.1. The Hall–Kier alpha value is 0.0500. The zero-order valence-electron chi connectivity index (χ0n) is 10.7. The number of piperidine rings is 1. The third-order valence-corrected chi connectivity index (χ3v) is 4.83. The summed E-state index contributed by atoms with van der Waals surface area (Å²) in [6, 6.07) is 3.76. The van der Waals surface area contributed by atoms with Gasteiger partial charge in [-0.3, -0.25) is 9.69 Å². The van der Waals surface area contributed by atoms with Crippen molar-refractivity contribution in [2.75, 3.05) is 25.0 Å². The smallest absolute Gasteiger partial charge is 0.238 e. The summed E-state index contributed by atoms with van der Waals surface area (Å²) in [7, 11) is 0. The van der Waals surface area contributed by atoms with Crippen LogP contribution >= 0.6 is 47.8 Å². The van der Waals surface area contributed by atoms with Crippen LogP contribution in [0.3, 0.4) is 0 Å². The highest BCUT2D eigenvalue weighted by Gasteiger charge is 2.20. The molecule has 2 rings (SSSR count). The number of amides is 1.